The highest BCUT2D eigenvalue weighted by atomic mass is 16.5. The molecule has 0 atom stereocenters. The van der Waals surface area contributed by atoms with Crippen molar-refractivity contribution in [3.8, 4) is 11.8 Å². The minimum atomic E-state index is -0.634. The van der Waals surface area contributed by atoms with E-state index < -0.39 is 11.2 Å². The Morgan fingerprint density at radius 3 is 2.50 bits per heavy atom. The number of rotatable bonds is 5. The summed E-state index contributed by atoms with van der Waals surface area (Å²) in [5, 5.41) is 15.8. The van der Waals surface area contributed by atoms with Crippen LogP contribution in [0.2, 0.25) is 0 Å². The molecule has 0 unspecified atom stereocenters. The fourth-order valence-electron chi connectivity index (χ4n) is 3.82. The van der Waals surface area contributed by atoms with Crippen molar-refractivity contribution in [3.63, 3.8) is 0 Å². The number of aromatic amines is 1. The molecular formula is C27H18N4O3. The number of nitrogens with one attached hydrogen (secondary N) is 1. The van der Waals surface area contributed by atoms with Crippen molar-refractivity contribution >= 4 is 27.9 Å². The lowest BCUT2D eigenvalue weighted by Crippen LogP contribution is -2.32. The third-order valence-corrected chi connectivity index (χ3v) is 5.54. The van der Waals surface area contributed by atoms with Crippen LogP contribution < -0.4 is 16.0 Å². The number of aromatic nitrogens is 2. The molecule has 0 saturated heterocycles. The Hall–Kier alpha value is -4.96. The molecule has 7 heteroatoms. The third kappa shape index (κ3) is 3.85. The van der Waals surface area contributed by atoms with Crippen LogP contribution in [0.25, 0.3) is 21.7 Å². The lowest BCUT2D eigenvalue weighted by atomic mass is 10.0. The van der Waals surface area contributed by atoms with E-state index in [2.05, 4.69) is 16.2 Å². The first-order chi connectivity index (χ1) is 16.7. The number of para-hydroxylation sites is 1. The number of nitriles is 1. The number of hydrogen-bond donors (Lipinski definition) is 1. The largest absolute Gasteiger partial charge is 0.488 e. The zero-order valence-electron chi connectivity index (χ0n) is 17.9. The Bertz CT molecular complexity index is 1720. The van der Waals surface area contributed by atoms with E-state index in [1.165, 1.54) is 6.21 Å². The smallest absolute Gasteiger partial charge is 0.349 e. The normalized spacial score (nSPS) is 11.1. The molecule has 0 aliphatic heterocycles. The molecular weight excluding hydrogens is 428 g/mol. The summed E-state index contributed by atoms with van der Waals surface area (Å²) >= 11 is 0. The van der Waals surface area contributed by atoms with E-state index in [-0.39, 0.29) is 6.61 Å². The maximum atomic E-state index is 12.9. The molecule has 0 aliphatic carbocycles. The van der Waals surface area contributed by atoms with Crippen molar-refractivity contribution in [2.24, 2.45) is 5.10 Å². The first-order valence-electron chi connectivity index (χ1n) is 10.6. The molecule has 7 nitrogen and oxygen atoms in total. The first-order valence-corrected chi connectivity index (χ1v) is 10.6. The summed E-state index contributed by atoms with van der Waals surface area (Å²) < 4.78 is 6.88. The highest BCUT2D eigenvalue weighted by molar-refractivity contribution is 6.02. The van der Waals surface area contributed by atoms with Gasteiger partial charge in [0.1, 0.15) is 12.4 Å². The lowest BCUT2D eigenvalue weighted by Gasteiger charge is -2.12. The molecule has 5 aromatic rings. The predicted molar refractivity (Wildman–Crippen MR) is 131 cm³/mol. The summed E-state index contributed by atoms with van der Waals surface area (Å²) in [6.07, 6.45) is 1.46. The number of ether oxygens (including phenoxy) is 1. The number of fused-ring (bicyclic) bond motifs is 2. The molecule has 4 aromatic carbocycles. The van der Waals surface area contributed by atoms with Crippen LogP contribution >= 0.6 is 0 Å². The SMILES string of the molecule is N#Cc1ccccc1COc1ccc2ccccc2c1/C=N\n1c(=O)[nH]c2ccccc2c1=O. The number of H-pyrrole nitrogens is 1. The molecule has 1 N–H and O–H groups in total. The molecule has 0 fully saturated rings. The maximum absolute atomic E-state index is 12.9. The molecule has 1 heterocycles. The average Bonchev–Trinajstić information content (AvgIpc) is 2.87. The van der Waals surface area contributed by atoms with E-state index in [1.807, 2.05) is 48.5 Å². The van der Waals surface area contributed by atoms with E-state index >= 15 is 0 Å². The summed E-state index contributed by atoms with van der Waals surface area (Å²) in [6.45, 7) is 0.180. The Balaban J connectivity index is 1.60. The van der Waals surface area contributed by atoms with Gasteiger partial charge in [-0.15, -0.1) is 4.68 Å². The van der Waals surface area contributed by atoms with Gasteiger partial charge in [0.2, 0.25) is 0 Å². The number of benzene rings is 4. The van der Waals surface area contributed by atoms with Crippen LogP contribution in [-0.2, 0) is 6.61 Å². The van der Waals surface area contributed by atoms with Crippen molar-refractivity contribution in [2.75, 3.05) is 0 Å². The summed E-state index contributed by atoms with van der Waals surface area (Å²) in [6, 6.07) is 27.6. The second kappa shape index (κ2) is 8.88. The zero-order valence-corrected chi connectivity index (χ0v) is 17.9. The van der Waals surface area contributed by atoms with Gasteiger partial charge >= 0.3 is 5.69 Å². The van der Waals surface area contributed by atoms with Gasteiger partial charge in [-0.05, 0) is 35.0 Å². The van der Waals surface area contributed by atoms with Gasteiger partial charge in [-0.1, -0.05) is 60.7 Å². The van der Waals surface area contributed by atoms with E-state index in [4.69, 9.17) is 4.74 Å². The fraction of sp³-hybridized carbons (Fsp3) is 0.0370. The van der Waals surface area contributed by atoms with Crippen molar-refractivity contribution in [1.29, 1.82) is 5.26 Å². The van der Waals surface area contributed by atoms with E-state index in [0.29, 0.717) is 27.8 Å². The minimum Gasteiger partial charge on any atom is -0.488 e. The van der Waals surface area contributed by atoms with Crippen LogP contribution in [-0.4, -0.2) is 15.9 Å². The van der Waals surface area contributed by atoms with Gasteiger partial charge in [0, 0.05) is 11.1 Å². The zero-order chi connectivity index (χ0) is 23.5. The lowest BCUT2D eigenvalue weighted by molar-refractivity contribution is 0.306. The molecule has 34 heavy (non-hydrogen) atoms. The number of hydrogen-bond acceptors (Lipinski definition) is 5. The molecule has 0 radical (unpaired) electrons. The Kier molecular flexibility index (Phi) is 5.46. The molecule has 1 aromatic heterocycles. The van der Waals surface area contributed by atoms with Crippen molar-refractivity contribution < 1.29 is 4.74 Å². The van der Waals surface area contributed by atoms with Gasteiger partial charge in [0.25, 0.3) is 5.56 Å². The Morgan fingerprint density at radius 2 is 1.65 bits per heavy atom. The summed E-state index contributed by atoms with van der Waals surface area (Å²) in [5.41, 5.74) is 1.21. The number of nitrogens with zero attached hydrogens (tertiary/aromatic N) is 3. The molecule has 164 valence electrons. The second-order valence-electron chi connectivity index (χ2n) is 7.59. The molecule has 5 rings (SSSR count). The molecule has 0 bridgehead atoms. The van der Waals surface area contributed by atoms with E-state index in [1.54, 1.807) is 36.4 Å². The van der Waals surface area contributed by atoms with Crippen LogP contribution in [0, 0.1) is 11.3 Å². The molecule has 0 saturated carbocycles. The Morgan fingerprint density at radius 1 is 0.912 bits per heavy atom. The van der Waals surface area contributed by atoms with E-state index in [9.17, 15) is 14.9 Å². The van der Waals surface area contributed by atoms with Crippen LogP contribution in [0.15, 0.2) is 99.6 Å². The second-order valence-corrected chi connectivity index (χ2v) is 7.59. The predicted octanol–water partition coefficient (Wildman–Crippen LogP) is 4.18. The van der Waals surface area contributed by atoms with Crippen molar-refractivity contribution in [3.05, 3.63) is 122 Å². The maximum Gasteiger partial charge on any atom is 0.349 e. The monoisotopic (exact) mass is 446 g/mol. The highest BCUT2D eigenvalue weighted by Gasteiger charge is 2.11. The summed E-state index contributed by atoms with van der Waals surface area (Å²) in [7, 11) is 0. The van der Waals surface area contributed by atoms with Gasteiger partial charge < -0.3 is 9.72 Å². The molecule has 0 amide bonds. The van der Waals surface area contributed by atoms with Gasteiger partial charge in [-0.25, -0.2) is 4.79 Å². The molecule has 0 spiro atoms. The Labute approximate surface area is 193 Å². The fourth-order valence-corrected chi connectivity index (χ4v) is 3.82. The van der Waals surface area contributed by atoms with Gasteiger partial charge in [0.15, 0.2) is 0 Å². The highest BCUT2D eigenvalue weighted by Crippen LogP contribution is 2.27. The van der Waals surface area contributed by atoms with Gasteiger partial charge in [-0.2, -0.15) is 10.4 Å². The third-order valence-electron chi connectivity index (χ3n) is 5.54. The van der Waals surface area contributed by atoms with Crippen LogP contribution in [0.3, 0.4) is 0 Å². The van der Waals surface area contributed by atoms with Crippen LogP contribution in [0.5, 0.6) is 5.75 Å². The standard InChI is InChI=1S/C27H18N4O3/c28-15-19-8-1-2-9-20(19)17-34-25-14-13-18-7-3-4-10-21(18)23(25)16-29-31-26(32)22-11-5-6-12-24(22)30-27(31)33/h1-14,16H,17H2,(H,30,33)/b29-16-. The van der Waals surface area contributed by atoms with Gasteiger partial charge in [0.05, 0.1) is 28.8 Å². The first kappa shape index (κ1) is 20.9. The average molecular weight is 446 g/mol. The topological polar surface area (TPSA) is 100 Å². The van der Waals surface area contributed by atoms with Crippen molar-refractivity contribution in [1.82, 2.24) is 9.66 Å². The van der Waals surface area contributed by atoms with E-state index in [0.717, 1.165) is 21.0 Å². The van der Waals surface area contributed by atoms with Crippen molar-refractivity contribution in [2.45, 2.75) is 6.61 Å². The quantitative estimate of drug-likeness (QED) is 0.410. The summed E-state index contributed by atoms with van der Waals surface area (Å²) in [5.74, 6) is 0.514. The molecule has 0 aliphatic rings. The van der Waals surface area contributed by atoms with Crippen LogP contribution in [0.4, 0.5) is 0 Å². The minimum absolute atomic E-state index is 0.180. The van der Waals surface area contributed by atoms with Crippen LogP contribution in [0.1, 0.15) is 16.7 Å². The van der Waals surface area contributed by atoms with Gasteiger partial charge in [-0.3, -0.25) is 4.79 Å². The summed E-state index contributed by atoms with van der Waals surface area (Å²) in [4.78, 5) is 28.1.